The fraction of sp³-hybridized carbons (Fsp3) is 0.119. The minimum Gasteiger partial charge on any atom is -0.289 e. The molecule has 1 nitrogen and oxygen atoms in total. The van der Waals surface area contributed by atoms with Gasteiger partial charge in [0.15, 0.2) is 80.5 Å². The average molecular weight is 964 g/mol. The normalized spacial score (nSPS) is 12.1. The number of halogens is 20. The number of hydrogen-bond acceptors (Lipinski definition) is 1. The smallest absolute Gasteiger partial charge is 0.212 e. The van der Waals surface area contributed by atoms with Gasteiger partial charge in [-0.1, -0.05) is 48.0 Å². The summed E-state index contributed by atoms with van der Waals surface area (Å²) in [5, 5.41) is 0. The van der Waals surface area contributed by atoms with E-state index in [1.54, 1.807) is 0 Å². The Morgan fingerprint density at radius 1 is 0.400 bits per heavy atom. The predicted molar refractivity (Wildman–Crippen MR) is 197 cm³/mol. The molecule has 0 spiro atoms. The van der Waals surface area contributed by atoms with Gasteiger partial charge in [0.05, 0.1) is 0 Å². The summed E-state index contributed by atoms with van der Waals surface area (Å²) in [5.74, 6) is -70.6. The first-order chi connectivity index (χ1) is 30.2. The third-order valence-electron chi connectivity index (χ3n) is 10.1. The summed E-state index contributed by atoms with van der Waals surface area (Å²) < 4.78 is 294. The van der Waals surface area contributed by atoms with Gasteiger partial charge in [-0.3, -0.25) is 4.79 Å². The molecule has 23 heteroatoms. The van der Waals surface area contributed by atoms with Crippen LogP contribution in [0.4, 0.5) is 87.8 Å². The van der Waals surface area contributed by atoms with Crippen molar-refractivity contribution in [2.45, 2.75) is 25.7 Å². The summed E-state index contributed by atoms with van der Waals surface area (Å²) in [6.07, 6.45) is -5.04. The number of benzene rings is 6. The Balaban J connectivity index is 0.000000330. The van der Waals surface area contributed by atoms with Crippen molar-refractivity contribution in [3.05, 3.63) is 181 Å². The number of carbonyl (C=O) groups is 1. The molecule has 0 aliphatic heterocycles. The fourth-order valence-corrected chi connectivity index (χ4v) is 9.49. The van der Waals surface area contributed by atoms with Gasteiger partial charge in [0, 0.05) is 27.6 Å². The number of hydrogen-bond donors (Lipinski definition) is 0. The number of Topliss-reactive ketones (excluding diaryl/α,β-unsaturated/α-hetero) is 1. The van der Waals surface area contributed by atoms with Crippen molar-refractivity contribution in [3.63, 3.8) is 0 Å². The molecule has 1 atom stereocenters. The van der Waals surface area contributed by atoms with Gasteiger partial charge in [-0.25, -0.2) is 87.8 Å². The monoisotopic (exact) mass is 964 g/mol. The van der Waals surface area contributed by atoms with Crippen LogP contribution in [0.15, 0.2) is 47.4 Å². The Hall–Kier alpha value is -6.00. The van der Waals surface area contributed by atoms with Crippen molar-refractivity contribution >= 4 is 44.7 Å². The third-order valence-corrected chi connectivity index (χ3v) is 12.1. The van der Waals surface area contributed by atoms with Gasteiger partial charge in [-0.05, 0) is 20.8 Å². The lowest BCUT2D eigenvalue weighted by Gasteiger charge is -2.44. The second-order valence-electron chi connectivity index (χ2n) is 14.1. The lowest BCUT2D eigenvalue weighted by Crippen LogP contribution is -2.81. The molecular weight excluding hydrogens is 943 g/mol. The molecule has 65 heavy (non-hydrogen) atoms. The lowest BCUT2D eigenvalue weighted by molar-refractivity contribution is 0.102. The number of rotatable bonds is 8. The van der Waals surface area contributed by atoms with Crippen LogP contribution in [0.25, 0.3) is 0 Å². The minimum atomic E-state index is -7.22. The van der Waals surface area contributed by atoms with E-state index in [0.717, 1.165) is 5.56 Å². The highest BCUT2D eigenvalue weighted by molar-refractivity contribution is 7.97. The molecule has 0 aliphatic rings. The number of carbonyl (C=O) groups excluding carboxylic acids is 1. The highest BCUT2D eigenvalue weighted by Gasteiger charge is 2.52. The molecule has 6 aromatic carbocycles. The molecule has 0 N–H and O–H groups in total. The molecule has 1 unspecified atom stereocenters. The molecule has 344 valence electrons. The van der Waals surface area contributed by atoms with Crippen molar-refractivity contribution in [2.24, 2.45) is 0 Å². The summed E-state index contributed by atoms with van der Waals surface area (Å²) >= 11 is 0. The van der Waals surface area contributed by atoms with E-state index in [1.807, 2.05) is 30.3 Å². The molecule has 0 bridgehead atoms. The van der Waals surface area contributed by atoms with Crippen molar-refractivity contribution in [3.8, 4) is 0 Å². The van der Waals surface area contributed by atoms with Crippen LogP contribution >= 0.6 is 0 Å². The van der Waals surface area contributed by atoms with Crippen molar-refractivity contribution in [1.29, 1.82) is 0 Å². The number of ketones is 1. The molecule has 0 heterocycles. The Kier molecular flexibility index (Phi) is 14.2. The van der Waals surface area contributed by atoms with Crippen molar-refractivity contribution in [1.82, 2.24) is 0 Å². The lowest BCUT2D eigenvalue weighted by atomic mass is 9.12. The number of aryl methyl sites for hydroxylation is 3. The Bertz CT molecular complexity index is 2520. The van der Waals surface area contributed by atoms with Crippen LogP contribution in [0.3, 0.4) is 0 Å². The van der Waals surface area contributed by atoms with Crippen LogP contribution in [0, 0.1) is 137 Å². The highest BCUT2D eigenvalue weighted by Crippen LogP contribution is 2.31. The molecule has 0 radical (unpaired) electrons. The Labute approximate surface area is 355 Å². The van der Waals surface area contributed by atoms with Gasteiger partial charge in [0.1, 0.15) is 58.9 Å². The SMILES string of the molecule is Cc1cc(C)c([S+](C)CC(=O)c2ccccc2)c(C)c1.Fc1c(F)c(F)c([B-](c2c(F)c(F)c(F)c(F)c2F)(c2c(F)c(F)c(F)c(F)c2F)c2c(F)c(F)c(F)c(F)c2F)c(F)c1F. The quantitative estimate of drug-likeness (QED) is 0.0371. The van der Waals surface area contributed by atoms with Gasteiger partial charge in [0.25, 0.3) is 0 Å². The van der Waals surface area contributed by atoms with E-state index >= 15 is 35.1 Å². The average Bonchev–Trinajstić information content (AvgIpc) is 3.26. The van der Waals surface area contributed by atoms with E-state index in [2.05, 4.69) is 39.2 Å². The van der Waals surface area contributed by atoms with Crippen LogP contribution in [0.2, 0.25) is 0 Å². The molecule has 0 amide bonds. The molecule has 0 saturated carbocycles. The van der Waals surface area contributed by atoms with Crippen LogP contribution in [0.5, 0.6) is 0 Å². The zero-order chi connectivity index (χ0) is 49.1. The molecule has 6 rings (SSSR count). The summed E-state index contributed by atoms with van der Waals surface area (Å²) in [6, 6.07) is 14.0. The maximum atomic E-state index is 15.4. The first-order valence-corrected chi connectivity index (χ1v) is 19.5. The summed E-state index contributed by atoms with van der Waals surface area (Å²) in [5.41, 5.74) is -9.63. The first-order valence-electron chi connectivity index (χ1n) is 17.7. The zero-order valence-electron chi connectivity index (χ0n) is 32.7. The van der Waals surface area contributed by atoms with Crippen molar-refractivity contribution < 1.29 is 92.6 Å². The Morgan fingerprint density at radius 2 is 0.631 bits per heavy atom. The summed E-state index contributed by atoms with van der Waals surface area (Å²) in [6.45, 7) is 6.41. The predicted octanol–water partition coefficient (Wildman–Crippen LogP) is 9.95. The topological polar surface area (TPSA) is 17.1 Å². The minimum absolute atomic E-state index is 0.0449. The maximum Gasteiger partial charge on any atom is 0.212 e. The van der Waals surface area contributed by atoms with E-state index in [1.165, 1.54) is 21.6 Å². The summed E-state index contributed by atoms with van der Waals surface area (Å²) in [4.78, 5) is 13.7. The van der Waals surface area contributed by atoms with Gasteiger partial charge in [-0.2, -0.15) is 0 Å². The van der Waals surface area contributed by atoms with Gasteiger partial charge in [-0.15, -0.1) is 21.9 Å². The third kappa shape index (κ3) is 8.09. The second-order valence-corrected chi connectivity index (χ2v) is 16.1. The van der Waals surface area contributed by atoms with Crippen LogP contribution in [0.1, 0.15) is 27.0 Å². The van der Waals surface area contributed by atoms with Crippen molar-refractivity contribution in [2.75, 3.05) is 12.0 Å². The van der Waals surface area contributed by atoms with Gasteiger partial charge in [0.2, 0.25) is 5.78 Å². The van der Waals surface area contributed by atoms with E-state index < -0.39 is 144 Å². The van der Waals surface area contributed by atoms with Crippen LogP contribution in [-0.2, 0) is 10.9 Å². The largest absolute Gasteiger partial charge is 0.289 e. The fourth-order valence-electron chi connectivity index (χ4n) is 7.57. The molecule has 0 saturated heterocycles. The zero-order valence-corrected chi connectivity index (χ0v) is 33.5. The highest BCUT2D eigenvalue weighted by atomic mass is 32.2. The summed E-state index contributed by atoms with van der Waals surface area (Å²) in [7, 11) is -0.0449. The molecule has 6 aromatic rings. The van der Waals surface area contributed by atoms with Crippen LogP contribution < -0.4 is 21.9 Å². The maximum absolute atomic E-state index is 15.4. The van der Waals surface area contributed by atoms with E-state index in [-0.39, 0.29) is 16.7 Å². The van der Waals surface area contributed by atoms with Gasteiger partial charge >= 0.3 is 0 Å². The molecule has 0 fully saturated rings. The molecule has 0 aromatic heterocycles. The second kappa shape index (κ2) is 18.5. The van der Waals surface area contributed by atoms with E-state index in [0.29, 0.717) is 5.75 Å². The first kappa shape index (κ1) is 50.0. The molecule has 0 aliphatic carbocycles. The standard InChI is InChI=1S/C24BF20.C18H21OS/c26-5-1(6(27)14(35)21(42)13(5)34)25(2-7(28)15(36)22(43)16(37)8(2)29,3-9(30)17(38)23(44)18(39)10(3)31)4-11(32)19(40)24(45)20(41)12(4)33;1-13-10-14(2)18(15(3)11-13)20(4)12-17(19)16-8-6-5-7-9-16/h;5-11H,12H2,1-4H3/q-1;+1. The van der Waals surface area contributed by atoms with E-state index in [9.17, 15) is 57.5 Å². The van der Waals surface area contributed by atoms with E-state index in [4.69, 9.17) is 0 Å². The van der Waals surface area contributed by atoms with Gasteiger partial charge < -0.3 is 0 Å². The molecular formula is C42H21BF20OS. The van der Waals surface area contributed by atoms with Crippen LogP contribution in [-0.4, -0.2) is 23.9 Å². The Morgan fingerprint density at radius 3 is 0.877 bits per heavy atom.